The van der Waals surface area contributed by atoms with Crippen LogP contribution in [0.2, 0.25) is 0 Å². The quantitative estimate of drug-likeness (QED) is 0.259. The maximum Gasteiger partial charge on any atom is 0.236 e. The number of aromatic nitrogens is 4. The molecule has 0 amide bonds. The van der Waals surface area contributed by atoms with Crippen LogP contribution >= 0.6 is 0 Å². The highest BCUT2D eigenvalue weighted by molar-refractivity contribution is 7.91. The first-order chi connectivity index (χ1) is 18.5. The van der Waals surface area contributed by atoms with Gasteiger partial charge in [0.15, 0.2) is 0 Å². The number of fused-ring (bicyclic) bond motifs is 2. The van der Waals surface area contributed by atoms with E-state index >= 15 is 0 Å². The zero-order valence-electron chi connectivity index (χ0n) is 20.5. The fraction of sp³-hybridized carbons (Fsp3) is 0.103. The largest absolute Gasteiger partial charge is 0.325 e. The number of nitrogens with two attached hydrogens (primary N) is 1. The predicted molar refractivity (Wildman–Crippen MR) is 151 cm³/mol. The van der Waals surface area contributed by atoms with Crippen LogP contribution in [0.3, 0.4) is 0 Å². The van der Waals surface area contributed by atoms with Gasteiger partial charge in [-0.25, -0.2) is 13.4 Å². The average Bonchev–Trinajstić information content (AvgIpc) is 3.57. The fourth-order valence-electron chi connectivity index (χ4n) is 4.82. The molecule has 0 radical (unpaired) electrons. The van der Waals surface area contributed by atoms with Crippen molar-refractivity contribution in [2.45, 2.75) is 18.8 Å². The third-order valence-corrected chi connectivity index (χ3v) is 7.80. The summed E-state index contributed by atoms with van der Waals surface area (Å²) in [5, 5.41) is 10.1. The van der Waals surface area contributed by atoms with Gasteiger partial charge in [0.05, 0.1) is 29.4 Å². The number of H-pyrrole nitrogens is 1. The number of anilines is 1. The van der Waals surface area contributed by atoms with E-state index < -0.39 is 10.0 Å². The van der Waals surface area contributed by atoms with Crippen LogP contribution in [0.15, 0.2) is 97.2 Å². The van der Waals surface area contributed by atoms with Gasteiger partial charge in [0.2, 0.25) is 10.0 Å². The molecule has 0 saturated heterocycles. The highest BCUT2D eigenvalue weighted by atomic mass is 32.2. The predicted octanol–water partition coefficient (Wildman–Crippen LogP) is 5.03. The molecule has 190 valence electrons. The lowest BCUT2D eigenvalue weighted by atomic mass is 10.0. The Labute approximate surface area is 220 Å². The molecule has 0 aliphatic heterocycles. The minimum absolute atomic E-state index is 0.103. The third-order valence-electron chi connectivity index (χ3n) is 6.54. The molecular weight excluding hydrogens is 496 g/mol. The molecule has 0 saturated carbocycles. The summed E-state index contributed by atoms with van der Waals surface area (Å²) >= 11 is 0. The minimum Gasteiger partial charge on any atom is -0.325 e. The maximum absolute atomic E-state index is 13.0. The first kappa shape index (κ1) is 23.9. The molecule has 0 aliphatic carbocycles. The van der Waals surface area contributed by atoms with Gasteiger partial charge < -0.3 is 10.3 Å². The number of hydrogen-bond acceptors (Lipinski definition) is 5. The Bertz CT molecular complexity index is 1850. The second kappa shape index (κ2) is 9.77. The lowest BCUT2D eigenvalue weighted by Crippen LogP contribution is -2.15. The maximum atomic E-state index is 13.0. The Morgan fingerprint density at radius 3 is 2.50 bits per heavy atom. The van der Waals surface area contributed by atoms with E-state index in [2.05, 4.69) is 25.6 Å². The summed E-state index contributed by atoms with van der Waals surface area (Å²) in [5.74, 6) is -0.103. The minimum atomic E-state index is -3.62. The third kappa shape index (κ3) is 4.77. The van der Waals surface area contributed by atoms with Gasteiger partial charge in [-0.05, 0) is 58.3 Å². The van der Waals surface area contributed by atoms with Crippen LogP contribution in [0.1, 0.15) is 16.8 Å². The van der Waals surface area contributed by atoms with Crippen LogP contribution in [0.5, 0.6) is 0 Å². The monoisotopic (exact) mass is 522 g/mol. The van der Waals surface area contributed by atoms with Gasteiger partial charge in [-0.1, -0.05) is 54.6 Å². The molecule has 8 nitrogen and oxygen atoms in total. The molecule has 4 N–H and O–H groups in total. The van der Waals surface area contributed by atoms with Gasteiger partial charge in [-0.15, -0.1) is 0 Å². The smallest absolute Gasteiger partial charge is 0.236 e. The molecule has 0 atom stereocenters. The molecule has 6 aromatic rings. The van der Waals surface area contributed by atoms with E-state index in [1.807, 2.05) is 84.9 Å². The van der Waals surface area contributed by atoms with E-state index in [1.165, 1.54) is 0 Å². The zero-order valence-corrected chi connectivity index (χ0v) is 21.3. The summed E-state index contributed by atoms with van der Waals surface area (Å²) in [7, 11) is -3.62. The lowest BCUT2D eigenvalue weighted by Gasteiger charge is -2.15. The van der Waals surface area contributed by atoms with E-state index in [0.717, 1.165) is 50.0 Å². The van der Waals surface area contributed by atoms with Crippen LogP contribution in [-0.4, -0.2) is 28.2 Å². The van der Waals surface area contributed by atoms with E-state index in [9.17, 15) is 8.42 Å². The molecule has 3 heterocycles. The number of rotatable bonds is 8. The van der Waals surface area contributed by atoms with Crippen LogP contribution in [-0.2, 0) is 28.9 Å². The van der Waals surface area contributed by atoms with Crippen molar-refractivity contribution in [3.63, 3.8) is 0 Å². The molecule has 0 aliphatic rings. The molecule has 0 spiro atoms. The zero-order chi connectivity index (χ0) is 26.1. The van der Waals surface area contributed by atoms with Crippen molar-refractivity contribution >= 4 is 37.5 Å². The molecule has 9 heteroatoms. The standard InChI is InChI=1S/C29H26N6O2S/c30-17-24-11-10-22-16-28(27-12-13-31-33-27)35(29(22)32-24)18-23-15-25(14-21-8-4-5-9-26(21)23)34-38(36,37)19-20-6-2-1-3-7-20/h1-16,34H,17-19,30H2,(H,31,33). The normalized spacial score (nSPS) is 11.8. The molecule has 3 aromatic carbocycles. The lowest BCUT2D eigenvalue weighted by molar-refractivity contribution is 0.600. The number of nitrogens with zero attached hydrogens (tertiary/aromatic N) is 3. The van der Waals surface area contributed by atoms with Crippen molar-refractivity contribution < 1.29 is 8.42 Å². The Morgan fingerprint density at radius 2 is 1.71 bits per heavy atom. The Hall–Kier alpha value is -4.47. The van der Waals surface area contributed by atoms with Crippen LogP contribution < -0.4 is 10.5 Å². The van der Waals surface area contributed by atoms with E-state index in [-0.39, 0.29) is 5.75 Å². The fourth-order valence-corrected chi connectivity index (χ4v) is 6.00. The van der Waals surface area contributed by atoms with Crippen molar-refractivity contribution in [2.24, 2.45) is 5.73 Å². The van der Waals surface area contributed by atoms with Crippen molar-refractivity contribution in [1.82, 2.24) is 19.7 Å². The highest BCUT2D eigenvalue weighted by Crippen LogP contribution is 2.31. The summed E-state index contributed by atoms with van der Waals surface area (Å²) in [4.78, 5) is 4.82. The molecule has 0 unspecified atom stereocenters. The topological polar surface area (TPSA) is 119 Å². The van der Waals surface area contributed by atoms with Gasteiger partial charge in [0.1, 0.15) is 5.65 Å². The molecule has 3 aromatic heterocycles. The van der Waals surface area contributed by atoms with Crippen LogP contribution in [0.4, 0.5) is 5.69 Å². The summed E-state index contributed by atoms with van der Waals surface area (Å²) < 4.78 is 31.0. The molecule has 0 fully saturated rings. The summed E-state index contributed by atoms with van der Waals surface area (Å²) in [6.07, 6.45) is 1.72. The van der Waals surface area contributed by atoms with E-state index in [4.69, 9.17) is 10.7 Å². The molecule has 0 bridgehead atoms. The summed E-state index contributed by atoms with van der Waals surface area (Å²) in [5.41, 5.74) is 11.5. The summed E-state index contributed by atoms with van der Waals surface area (Å²) in [6, 6.07) is 28.8. The second-order valence-corrected chi connectivity index (χ2v) is 10.9. The van der Waals surface area contributed by atoms with Crippen LogP contribution in [0.25, 0.3) is 33.2 Å². The number of aromatic amines is 1. The van der Waals surface area contributed by atoms with Crippen LogP contribution in [0, 0.1) is 0 Å². The SMILES string of the molecule is NCc1ccc2cc(-c3ccn[nH]3)n(Cc3cc(NS(=O)(=O)Cc4ccccc4)cc4ccccc34)c2n1. The van der Waals surface area contributed by atoms with Gasteiger partial charge in [-0.2, -0.15) is 5.10 Å². The highest BCUT2D eigenvalue weighted by Gasteiger charge is 2.17. The van der Waals surface area contributed by atoms with Gasteiger partial charge in [-0.3, -0.25) is 9.82 Å². The Morgan fingerprint density at radius 1 is 0.895 bits per heavy atom. The van der Waals surface area contributed by atoms with Gasteiger partial charge in [0.25, 0.3) is 0 Å². The van der Waals surface area contributed by atoms with Crippen molar-refractivity contribution in [1.29, 1.82) is 0 Å². The number of sulfonamides is 1. The van der Waals surface area contributed by atoms with Gasteiger partial charge in [0, 0.05) is 23.8 Å². The number of nitrogens with one attached hydrogen (secondary N) is 2. The van der Waals surface area contributed by atoms with Crippen molar-refractivity contribution in [3.05, 3.63) is 114 Å². The molecule has 6 rings (SSSR count). The average molecular weight is 523 g/mol. The molecule has 38 heavy (non-hydrogen) atoms. The first-order valence-corrected chi connectivity index (χ1v) is 13.9. The van der Waals surface area contributed by atoms with Crippen molar-refractivity contribution in [3.8, 4) is 11.4 Å². The number of benzene rings is 3. The second-order valence-electron chi connectivity index (χ2n) is 9.21. The Kier molecular flexibility index (Phi) is 6.15. The van der Waals surface area contributed by atoms with Gasteiger partial charge >= 0.3 is 0 Å². The summed E-state index contributed by atoms with van der Waals surface area (Å²) in [6.45, 7) is 0.801. The van der Waals surface area contributed by atoms with E-state index in [0.29, 0.717) is 18.8 Å². The Balaban J connectivity index is 1.45. The number of hydrogen-bond donors (Lipinski definition) is 3. The van der Waals surface area contributed by atoms with Crippen molar-refractivity contribution in [2.75, 3.05) is 4.72 Å². The van der Waals surface area contributed by atoms with E-state index in [1.54, 1.807) is 6.20 Å². The first-order valence-electron chi connectivity index (χ1n) is 12.2. The number of pyridine rings is 1. The molecular formula is C29H26N6O2S.